The molecule has 1 aromatic rings. The minimum absolute atomic E-state index is 0.150. The molecule has 1 saturated heterocycles. The fourth-order valence-corrected chi connectivity index (χ4v) is 9.99. The van der Waals surface area contributed by atoms with Crippen LogP contribution in [0.5, 0.6) is 0 Å². The second kappa shape index (κ2) is 8.69. The number of amides is 1. The number of hydrogen-bond donors (Lipinski definition) is 2. The van der Waals surface area contributed by atoms with E-state index in [1.54, 1.807) is 6.26 Å². The second-order valence-electron chi connectivity index (χ2n) is 13.4. The van der Waals surface area contributed by atoms with Crippen molar-refractivity contribution in [1.82, 2.24) is 10.2 Å². The van der Waals surface area contributed by atoms with Gasteiger partial charge in [-0.15, -0.1) is 0 Å². The van der Waals surface area contributed by atoms with E-state index >= 15 is 0 Å². The van der Waals surface area contributed by atoms with Crippen LogP contribution in [-0.2, 0) is 4.79 Å². The number of hydrogen-bond acceptors (Lipinski definition) is 5. The maximum absolute atomic E-state index is 13.1. The molecule has 0 bridgehead atoms. The molecule has 0 radical (unpaired) electrons. The van der Waals surface area contributed by atoms with E-state index in [1.807, 2.05) is 13.1 Å². The van der Waals surface area contributed by atoms with Crippen LogP contribution in [0.2, 0.25) is 0 Å². The van der Waals surface area contributed by atoms with Gasteiger partial charge in [-0.25, -0.2) is 4.79 Å². The Hall–Kier alpha value is -1.66. The predicted octanol–water partition coefficient (Wildman–Crippen LogP) is 4.32. The summed E-state index contributed by atoms with van der Waals surface area (Å²) < 4.78 is 5.23. The molecular weight excluding hydrogens is 452 g/mol. The minimum atomic E-state index is -0.663. The van der Waals surface area contributed by atoms with Gasteiger partial charge in [0.15, 0.2) is 0 Å². The Morgan fingerprint density at radius 1 is 1.06 bits per heavy atom. The highest BCUT2D eigenvalue weighted by Gasteiger charge is 2.67. The standard InChI is InChI=1S/C30H44N2O4/c1-28-12-8-22(32(3)27(34)19-11-15-31-17-19)16-21(28)5-6-25-24(28)9-13-29(2)23(10-14-30(25,29)35)20-4-7-26(33)36-18-20/h4,7,18-19,21-25,31,35H,5-6,8-17H2,1-3H3/t19-,21-,22+,23-,24+,25-,28+,29-,30+/m1/s1. The highest BCUT2D eigenvalue weighted by atomic mass is 16.4. The van der Waals surface area contributed by atoms with Gasteiger partial charge in [0.1, 0.15) is 0 Å². The highest BCUT2D eigenvalue weighted by Crippen LogP contribution is 2.70. The molecule has 1 amide bonds. The van der Waals surface area contributed by atoms with Crippen LogP contribution in [0.25, 0.3) is 0 Å². The SMILES string of the molecule is CN(C(=O)[C@@H]1CCNC1)[C@H]1CC[C@@]2(C)[C@H](CC[C@@H]3[C@@H]2CC[C@]2(C)[C@@H](c4ccc(=O)oc4)CC[C@]32O)C1. The predicted molar refractivity (Wildman–Crippen MR) is 138 cm³/mol. The molecule has 6 nitrogen and oxygen atoms in total. The molecule has 2 heterocycles. The number of carbonyl (C=O) groups is 1. The summed E-state index contributed by atoms with van der Waals surface area (Å²) in [5.41, 5.74) is 0.152. The number of fused-ring (bicyclic) bond motifs is 5. The van der Waals surface area contributed by atoms with Gasteiger partial charge in [0.05, 0.1) is 17.8 Å². The minimum Gasteiger partial charge on any atom is -0.431 e. The van der Waals surface area contributed by atoms with Crippen LogP contribution in [0.4, 0.5) is 0 Å². The molecule has 6 rings (SSSR count). The van der Waals surface area contributed by atoms with Crippen LogP contribution in [-0.4, -0.2) is 47.7 Å². The van der Waals surface area contributed by atoms with E-state index < -0.39 is 5.60 Å². The first-order valence-electron chi connectivity index (χ1n) is 14.5. The molecule has 6 heteroatoms. The van der Waals surface area contributed by atoms with Crippen molar-refractivity contribution in [3.05, 3.63) is 34.4 Å². The molecule has 5 fully saturated rings. The van der Waals surface area contributed by atoms with Gasteiger partial charge in [-0.2, -0.15) is 0 Å². The molecule has 0 aromatic carbocycles. The second-order valence-corrected chi connectivity index (χ2v) is 13.4. The fourth-order valence-electron chi connectivity index (χ4n) is 9.99. The Labute approximate surface area is 215 Å². The van der Waals surface area contributed by atoms with Gasteiger partial charge in [0.2, 0.25) is 5.91 Å². The van der Waals surface area contributed by atoms with Crippen LogP contribution in [0.15, 0.2) is 27.6 Å². The first kappa shape index (κ1) is 24.7. The van der Waals surface area contributed by atoms with E-state index in [-0.39, 0.29) is 28.3 Å². The number of nitrogens with one attached hydrogen (secondary N) is 1. The molecule has 36 heavy (non-hydrogen) atoms. The molecule has 1 aromatic heterocycles. The molecule has 9 atom stereocenters. The molecule has 0 unspecified atom stereocenters. The van der Waals surface area contributed by atoms with E-state index in [2.05, 4.69) is 24.1 Å². The normalized spacial score (nSPS) is 46.0. The zero-order valence-electron chi connectivity index (χ0n) is 22.3. The lowest BCUT2D eigenvalue weighted by Crippen LogP contribution is -2.62. The average molecular weight is 497 g/mol. The van der Waals surface area contributed by atoms with E-state index in [4.69, 9.17) is 4.42 Å². The maximum Gasteiger partial charge on any atom is 0.335 e. The topological polar surface area (TPSA) is 82.8 Å². The van der Waals surface area contributed by atoms with Crippen LogP contribution >= 0.6 is 0 Å². The number of rotatable bonds is 3. The van der Waals surface area contributed by atoms with Gasteiger partial charge in [0, 0.05) is 31.1 Å². The van der Waals surface area contributed by atoms with Crippen molar-refractivity contribution >= 4 is 5.91 Å². The number of nitrogens with zero attached hydrogens (tertiary/aromatic N) is 1. The summed E-state index contributed by atoms with van der Waals surface area (Å²) in [5.74, 6) is 2.22. The summed E-state index contributed by atoms with van der Waals surface area (Å²) in [5, 5.41) is 15.8. The summed E-state index contributed by atoms with van der Waals surface area (Å²) in [6.07, 6.45) is 12.2. The first-order valence-corrected chi connectivity index (χ1v) is 14.5. The lowest BCUT2D eigenvalue weighted by molar-refractivity contribution is -0.203. The quantitative estimate of drug-likeness (QED) is 0.651. The molecule has 1 aliphatic heterocycles. The van der Waals surface area contributed by atoms with E-state index in [9.17, 15) is 14.7 Å². The summed E-state index contributed by atoms with van der Waals surface area (Å²) in [7, 11) is 2.04. The van der Waals surface area contributed by atoms with E-state index in [0.717, 1.165) is 82.9 Å². The van der Waals surface area contributed by atoms with Gasteiger partial charge < -0.3 is 19.7 Å². The van der Waals surface area contributed by atoms with Crippen LogP contribution in [0.1, 0.15) is 89.5 Å². The summed E-state index contributed by atoms with van der Waals surface area (Å²) in [4.78, 5) is 26.7. The monoisotopic (exact) mass is 496 g/mol. The molecular formula is C30H44N2O4. The summed E-state index contributed by atoms with van der Waals surface area (Å²) in [6.45, 7) is 6.60. The van der Waals surface area contributed by atoms with Gasteiger partial charge in [-0.3, -0.25) is 4.79 Å². The van der Waals surface area contributed by atoms with Crippen molar-refractivity contribution in [3.8, 4) is 0 Å². The fraction of sp³-hybridized carbons (Fsp3) is 0.800. The van der Waals surface area contributed by atoms with Crippen molar-refractivity contribution in [2.45, 2.75) is 95.6 Å². The number of carbonyl (C=O) groups excluding carboxylic acids is 1. The number of aliphatic hydroxyl groups is 1. The average Bonchev–Trinajstić information content (AvgIpc) is 3.50. The molecule has 4 saturated carbocycles. The Bertz CT molecular complexity index is 1040. The Morgan fingerprint density at radius 3 is 2.61 bits per heavy atom. The zero-order chi connectivity index (χ0) is 25.3. The van der Waals surface area contributed by atoms with Crippen molar-refractivity contribution in [3.63, 3.8) is 0 Å². The van der Waals surface area contributed by atoms with Crippen LogP contribution < -0.4 is 10.9 Å². The van der Waals surface area contributed by atoms with E-state index in [1.165, 1.54) is 6.07 Å². The lowest BCUT2D eigenvalue weighted by Gasteiger charge is -2.64. The van der Waals surface area contributed by atoms with Crippen LogP contribution in [0, 0.1) is 34.5 Å². The zero-order valence-corrected chi connectivity index (χ0v) is 22.3. The smallest absolute Gasteiger partial charge is 0.335 e. The van der Waals surface area contributed by atoms with Gasteiger partial charge >= 0.3 is 5.63 Å². The van der Waals surface area contributed by atoms with Gasteiger partial charge in [-0.05, 0) is 111 Å². The lowest BCUT2D eigenvalue weighted by atomic mass is 9.43. The summed E-state index contributed by atoms with van der Waals surface area (Å²) in [6, 6.07) is 3.80. The third kappa shape index (κ3) is 3.49. The summed E-state index contributed by atoms with van der Waals surface area (Å²) >= 11 is 0. The van der Waals surface area contributed by atoms with Crippen molar-refractivity contribution < 1.29 is 14.3 Å². The van der Waals surface area contributed by atoms with E-state index in [0.29, 0.717) is 29.7 Å². The van der Waals surface area contributed by atoms with Crippen molar-refractivity contribution in [2.75, 3.05) is 20.1 Å². The largest absolute Gasteiger partial charge is 0.431 e. The highest BCUT2D eigenvalue weighted by molar-refractivity contribution is 5.79. The molecule has 5 aliphatic rings. The van der Waals surface area contributed by atoms with Crippen LogP contribution in [0.3, 0.4) is 0 Å². The van der Waals surface area contributed by atoms with Crippen molar-refractivity contribution in [1.29, 1.82) is 0 Å². The molecule has 2 N–H and O–H groups in total. The Kier molecular flexibility index (Phi) is 5.95. The first-order chi connectivity index (χ1) is 17.2. The van der Waals surface area contributed by atoms with Crippen molar-refractivity contribution in [2.24, 2.45) is 34.5 Å². The Balaban J connectivity index is 1.20. The third-order valence-corrected chi connectivity index (χ3v) is 12.3. The Morgan fingerprint density at radius 2 is 1.89 bits per heavy atom. The maximum atomic E-state index is 13.1. The molecule has 198 valence electrons. The molecule has 4 aliphatic carbocycles. The third-order valence-electron chi connectivity index (χ3n) is 12.3. The molecule has 0 spiro atoms. The van der Waals surface area contributed by atoms with Gasteiger partial charge in [-0.1, -0.05) is 13.8 Å². The van der Waals surface area contributed by atoms with Gasteiger partial charge in [0.25, 0.3) is 0 Å².